The van der Waals surface area contributed by atoms with Crippen molar-refractivity contribution in [3.8, 4) is 11.5 Å². The van der Waals surface area contributed by atoms with Gasteiger partial charge in [0.05, 0.1) is 6.21 Å². The number of thioether (sulfide) groups is 1. The summed E-state index contributed by atoms with van der Waals surface area (Å²) in [5, 5.41) is 13.6. The van der Waals surface area contributed by atoms with Gasteiger partial charge in [-0.15, -0.1) is 10.2 Å². The normalized spacial score (nSPS) is 15.0. The summed E-state index contributed by atoms with van der Waals surface area (Å²) in [4.78, 5) is 5.32. The molecule has 1 aliphatic rings. The molecule has 0 saturated carbocycles. The van der Waals surface area contributed by atoms with Gasteiger partial charge in [0.1, 0.15) is 5.69 Å². The van der Waals surface area contributed by atoms with Crippen LogP contribution in [0.5, 0.6) is 0 Å². The van der Waals surface area contributed by atoms with Crippen molar-refractivity contribution < 1.29 is 0 Å². The van der Waals surface area contributed by atoms with Gasteiger partial charge in [0.25, 0.3) is 0 Å². The molecule has 1 aromatic carbocycles. The van der Waals surface area contributed by atoms with Gasteiger partial charge in [-0.3, -0.25) is 4.98 Å². The van der Waals surface area contributed by atoms with Crippen LogP contribution in [-0.2, 0) is 0 Å². The molecule has 1 aliphatic heterocycles. The van der Waals surface area contributed by atoms with Crippen molar-refractivity contribution in [3.05, 3.63) is 65.2 Å². The molecule has 0 radical (unpaired) electrons. The Morgan fingerprint density at radius 1 is 0.955 bits per heavy atom. The molecule has 6 heteroatoms. The van der Waals surface area contributed by atoms with Gasteiger partial charge in [0.15, 0.2) is 0 Å². The summed E-state index contributed by atoms with van der Waals surface area (Å²) in [7, 11) is 0. The summed E-state index contributed by atoms with van der Waals surface area (Å²) in [6.07, 6.45) is 5.63. The molecule has 22 heavy (non-hydrogen) atoms. The van der Waals surface area contributed by atoms with Gasteiger partial charge >= 0.3 is 0 Å². The molecule has 0 bridgehead atoms. The van der Waals surface area contributed by atoms with Crippen molar-refractivity contribution in [3.63, 3.8) is 0 Å². The molecular weight excluding hydrogens is 294 g/mol. The maximum atomic E-state index is 4.44. The second-order valence-corrected chi connectivity index (χ2v) is 5.68. The summed E-state index contributed by atoms with van der Waals surface area (Å²) in [5.41, 5.74) is 1.89. The lowest BCUT2D eigenvalue weighted by Gasteiger charge is -2.09. The Kier molecular flexibility index (Phi) is 3.29. The number of pyridine rings is 1. The molecule has 3 aromatic rings. The first-order valence-electron chi connectivity index (χ1n) is 6.76. The van der Waals surface area contributed by atoms with E-state index in [1.807, 2.05) is 42.6 Å². The van der Waals surface area contributed by atoms with Crippen molar-refractivity contribution in [1.82, 2.24) is 19.9 Å². The van der Waals surface area contributed by atoms with Crippen LogP contribution in [-0.4, -0.2) is 26.1 Å². The molecule has 0 saturated heterocycles. The van der Waals surface area contributed by atoms with Crippen LogP contribution in [0.3, 0.4) is 0 Å². The molecule has 0 aliphatic carbocycles. The Morgan fingerprint density at radius 2 is 1.82 bits per heavy atom. The van der Waals surface area contributed by atoms with Gasteiger partial charge in [0.2, 0.25) is 11.0 Å². The third kappa shape index (κ3) is 2.44. The minimum atomic E-state index is 0.651. The number of hydrogen-bond donors (Lipinski definition) is 0. The predicted octanol–water partition coefficient (Wildman–Crippen LogP) is 3.32. The molecule has 106 valence electrons. The quantitative estimate of drug-likeness (QED) is 0.729. The van der Waals surface area contributed by atoms with Gasteiger partial charge in [-0.25, -0.2) is 0 Å². The van der Waals surface area contributed by atoms with Crippen LogP contribution in [0.2, 0.25) is 0 Å². The van der Waals surface area contributed by atoms with Crippen LogP contribution in [0.1, 0.15) is 5.56 Å². The number of fused-ring (bicyclic) bond motifs is 1. The number of aromatic nitrogens is 4. The van der Waals surface area contributed by atoms with E-state index in [-0.39, 0.29) is 0 Å². The highest BCUT2D eigenvalue weighted by atomic mass is 32.2. The third-order valence-electron chi connectivity index (χ3n) is 3.12. The number of benzene rings is 1. The van der Waals surface area contributed by atoms with E-state index < -0.39 is 0 Å². The lowest BCUT2D eigenvalue weighted by molar-refractivity contribution is 0.769. The fraction of sp³-hybridized carbons (Fsp3) is 0. The Hall–Kier alpha value is -2.73. The third-order valence-corrected chi connectivity index (χ3v) is 4.02. The Morgan fingerprint density at radius 3 is 2.64 bits per heavy atom. The lowest BCUT2D eigenvalue weighted by Crippen LogP contribution is -2.02. The van der Waals surface area contributed by atoms with E-state index in [9.17, 15) is 0 Å². The van der Waals surface area contributed by atoms with Crippen molar-refractivity contribution in [2.24, 2.45) is 5.10 Å². The minimum absolute atomic E-state index is 0.651. The first-order valence-corrected chi connectivity index (χ1v) is 7.57. The van der Waals surface area contributed by atoms with Gasteiger partial charge in [-0.05, 0) is 35.5 Å². The highest BCUT2D eigenvalue weighted by Gasteiger charge is 2.18. The zero-order chi connectivity index (χ0) is 14.8. The largest absolute Gasteiger partial charge is 0.253 e. The van der Waals surface area contributed by atoms with Crippen LogP contribution < -0.4 is 0 Å². The SMILES string of the molecule is C1=Nn2c(nnc2-c2ccccn2)S/C1=C/c1ccccc1. The van der Waals surface area contributed by atoms with Crippen LogP contribution in [0.4, 0.5) is 0 Å². The van der Waals surface area contributed by atoms with E-state index in [2.05, 4.69) is 38.5 Å². The van der Waals surface area contributed by atoms with Crippen LogP contribution in [0.25, 0.3) is 17.6 Å². The lowest BCUT2D eigenvalue weighted by atomic mass is 10.2. The summed E-state index contributed by atoms with van der Waals surface area (Å²) < 4.78 is 1.72. The standard InChI is InChI=1S/C16H11N5S/c1-2-6-12(7-3-1)10-13-11-18-21-15(19-20-16(21)22-13)14-8-4-5-9-17-14/h1-11H/b13-10+. The second-order valence-electron chi connectivity index (χ2n) is 4.64. The fourth-order valence-corrected chi connectivity index (χ4v) is 2.92. The van der Waals surface area contributed by atoms with Crippen LogP contribution >= 0.6 is 11.8 Å². The summed E-state index contributed by atoms with van der Waals surface area (Å²) >= 11 is 1.54. The number of allylic oxidation sites excluding steroid dienone is 1. The van der Waals surface area contributed by atoms with E-state index in [4.69, 9.17) is 0 Å². The van der Waals surface area contributed by atoms with Crippen LogP contribution in [0.15, 0.2) is 69.9 Å². The molecule has 3 heterocycles. The van der Waals surface area contributed by atoms with Gasteiger partial charge in [-0.2, -0.15) is 9.78 Å². The average molecular weight is 305 g/mol. The molecule has 0 amide bonds. The molecular formula is C16H11N5S. The smallest absolute Gasteiger partial charge is 0.217 e. The maximum absolute atomic E-state index is 4.44. The van der Waals surface area contributed by atoms with Crippen molar-refractivity contribution in [2.75, 3.05) is 0 Å². The Bertz CT molecular complexity index is 853. The molecule has 0 N–H and O–H groups in total. The van der Waals surface area contributed by atoms with Crippen molar-refractivity contribution in [2.45, 2.75) is 5.16 Å². The highest BCUT2D eigenvalue weighted by Crippen LogP contribution is 2.31. The van der Waals surface area contributed by atoms with Gasteiger partial charge in [-0.1, -0.05) is 36.4 Å². The van der Waals surface area contributed by atoms with E-state index >= 15 is 0 Å². The number of hydrogen-bond acceptors (Lipinski definition) is 5. The summed E-state index contributed by atoms with van der Waals surface area (Å²) in [6.45, 7) is 0. The molecule has 0 spiro atoms. The summed E-state index contributed by atoms with van der Waals surface area (Å²) in [6, 6.07) is 15.8. The molecule has 0 atom stereocenters. The fourth-order valence-electron chi connectivity index (χ4n) is 2.11. The maximum Gasteiger partial charge on any atom is 0.217 e. The second kappa shape index (κ2) is 5.57. The zero-order valence-electron chi connectivity index (χ0n) is 11.5. The Balaban J connectivity index is 1.68. The first kappa shape index (κ1) is 13.0. The van der Waals surface area contributed by atoms with E-state index in [1.165, 1.54) is 0 Å². The first-order chi connectivity index (χ1) is 10.9. The number of nitrogens with zero attached hydrogens (tertiary/aromatic N) is 5. The molecule has 0 fully saturated rings. The van der Waals surface area contributed by atoms with E-state index in [0.717, 1.165) is 21.3 Å². The predicted molar refractivity (Wildman–Crippen MR) is 87.4 cm³/mol. The van der Waals surface area contributed by atoms with Crippen molar-refractivity contribution in [1.29, 1.82) is 0 Å². The highest BCUT2D eigenvalue weighted by molar-refractivity contribution is 8.04. The summed E-state index contributed by atoms with van der Waals surface area (Å²) in [5.74, 6) is 0.651. The Labute approximate surface area is 131 Å². The van der Waals surface area contributed by atoms with Crippen LogP contribution in [0, 0.1) is 0 Å². The molecule has 4 rings (SSSR count). The zero-order valence-corrected chi connectivity index (χ0v) is 12.3. The number of rotatable bonds is 2. The molecule has 2 aromatic heterocycles. The van der Waals surface area contributed by atoms with E-state index in [0.29, 0.717) is 5.82 Å². The van der Waals surface area contributed by atoms with Gasteiger partial charge in [0, 0.05) is 11.1 Å². The minimum Gasteiger partial charge on any atom is -0.253 e. The average Bonchev–Trinajstić information content (AvgIpc) is 3.00. The molecule has 0 unspecified atom stereocenters. The van der Waals surface area contributed by atoms with E-state index in [1.54, 1.807) is 22.6 Å². The monoisotopic (exact) mass is 305 g/mol. The van der Waals surface area contributed by atoms with Gasteiger partial charge < -0.3 is 0 Å². The molecule has 5 nitrogen and oxygen atoms in total. The van der Waals surface area contributed by atoms with Crippen molar-refractivity contribution >= 4 is 24.1 Å². The topological polar surface area (TPSA) is 56.0 Å².